The minimum Gasteiger partial charge on any atom is -0.492 e. The summed E-state index contributed by atoms with van der Waals surface area (Å²) in [6.07, 6.45) is 0. The quantitative estimate of drug-likeness (QED) is 0.530. The summed E-state index contributed by atoms with van der Waals surface area (Å²) in [6, 6.07) is 5.85. The standard InChI is InChI=1S/C9H14N2O/c1-3-12-9-5-4-7(2)6-8(9)11-10/h4-6,11H,3,10H2,1-2H3. The van der Waals surface area contributed by atoms with Crippen molar-refractivity contribution in [1.29, 1.82) is 0 Å². The summed E-state index contributed by atoms with van der Waals surface area (Å²) in [6.45, 7) is 4.61. The van der Waals surface area contributed by atoms with E-state index in [4.69, 9.17) is 10.6 Å². The van der Waals surface area contributed by atoms with Crippen LogP contribution in [-0.2, 0) is 0 Å². The van der Waals surface area contributed by atoms with Crippen molar-refractivity contribution < 1.29 is 4.74 Å². The van der Waals surface area contributed by atoms with Crippen LogP contribution in [0, 0.1) is 6.92 Å². The SMILES string of the molecule is CCOc1ccc(C)cc1NN. The first-order chi connectivity index (χ1) is 5.77. The largest absolute Gasteiger partial charge is 0.492 e. The third-order valence-electron chi connectivity index (χ3n) is 1.59. The molecule has 0 unspecified atom stereocenters. The first-order valence-electron chi connectivity index (χ1n) is 3.98. The molecule has 3 heteroatoms. The Hall–Kier alpha value is -1.22. The van der Waals surface area contributed by atoms with Crippen molar-refractivity contribution in [2.24, 2.45) is 5.84 Å². The molecule has 0 aliphatic carbocycles. The van der Waals surface area contributed by atoms with E-state index in [2.05, 4.69) is 5.43 Å². The van der Waals surface area contributed by atoms with Crippen LogP contribution in [0.15, 0.2) is 18.2 Å². The molecule has 0 fully saturated rings. The molecule has 0 aliphatic rings. The molecule has 0 spiro atoms. The number of hydrogen-bond acceptors (Lipinski definition) is 3. The van der Waals surface area contributed by atoms with Gasteiger partial charge in [0.2, 0.25) is 0 Å². The minimum atomic E-state index is 0.651. The number of nitrogens with one attached hydrogen (secondary N) is 1. The van der Waals surface area contributed by atoms with Crippen molar-refractivity contribution in [3.63, 3.8) is 0 Å². The Balaban J connectivity index is 2.94. The number of nitrogen functional groups attached to an aromatic ring is 1. The summed E-state index contributed by atoms with van der Waals surface area (Å²) in [7, 11) is 0. The van der Waals surface area contributed by atoms with Crippen LogP contribution >= 0.6 is 0 Å². The first kappa shape index (κ1) is 8.87. The van der Waals surface area contributed by atoms with Crippen molar-refractivity contribution in [3.05, 3.63) is 23.8 Å². The van der Waals surface area contributed by atoms with Crippen molar-refractivity contribution >= 4 is 5.69 Å². The second-order valence-corrected chi connectivity index (χ2v) is 2.58. The molecule has 1 rings (SSSR count). The van der Waals surface area contributed by atoms with Crippen LogP contribution in [0.4, 0.5) is 5.69 Å². The Morgan fingerprint density at radius 3 is 2.83 bits per heavy atom. The number of hydrazine groups is 1. The summed E-state index contributed by atoms with van der Waals surface area (Å²) in [5, 5.41) is 0. The second kappa shape index (κ2) is 3.97. The Bertz CT molecular complexity index is 261. The van der Waals surface area contributed by atoms with Gasteiger partial charge in [-0.3, -0.25) is 5.84 Å². The van der Waals surface area contributed by atoms with Gasteiger partial charge >= 0.3 is 0 Å². The van der Waals surface area contributed by atoms with E-state index in [0.29, 0.717) is 6.61 Å². The van der Waals surface area contributed by atoms with Gasteiger partial charge in [-0.25, -0.2) is 0 Å². The summed E-state index contributed by atoms with van der Waals surface area (Å²) < 4.78 is 5.34. The molecule has 3 N–H and O–H groups in total. The summed E-state index contributed by atoms with van der Waals surface area (Å²) in [5.41, 5.74) is 4.59. The molecule has 3 nitrogen and oxygen atoms in total. The highest BCUT2D eigenvalue weighted by molar-refractivity contribution is 5.57. The van der Waals surface area contributed by atoms with Crippen LogP contribution in [0.25, 0.3) is 0 Å². The molecule has 1 aromatic carbocycles. The van der Waals surface area contributed by atoms with Crippen molar-refractivity contribution in [3.8, 4) is 5.75 Å². The van der Waals surface area contributed by atoms with E-state index in [1.807, 2.05) is 32.0 Å². The summed E-state index contributed by atoms with van der Waals surface area (Å²) in [4.78, 5) is 0. The van der Waals surface area contributed by atoms with E-state index >= 15 is 0 Å². The monoisotopic (exact) mass is 166 g/mol. The highest BCUT2D eigenvalue weighted by Crippen LogP contribution is 2.24. The zero-order valence-electron chi connectivity index (χ0n) is 7.42. The van der Waals surface area contributed by atoms with Gasteiger partial charge in [-0.15, -0.1) is 0 Å². The predicted octanol–water partition coefficient (Wildman–Crippen LogP) is 1.68. The molecule has 0 radical (unpaired) electrons. The van der Waals surface area contributed by atoms with Gasteiger partial charge in [-0.1, -0.05) is 6.07 Å². The summed E-state index contributed by atoms with van der Waals surface area (Å²) in [5.74, 6) is 6.12. The zero-order valence-corrected chi connectivity index (χ0v) is 7.42. The smallest absolute Gasteiger partial charge is 0.143 e. The zero-order chi connectivity index (χ0) is 8.97. The van der Waals surface area contributed by atoms with Gasteiger partial charge in [-0.05, 0) is 31.5 Å². The highest BCUT2D eigenvalue weighted by Gasteiger charge is 2.00. The number of hydrogen-bond donors (Lipinski definition) is 2. The average Bonchev–Trinajstić information content (AvgIpc) is 2.08. The third-order valence-corrected chi connectivity index (χ3v) is 1.59. The molecule has 66 valence electrons. The first-order valence-corrected chi connectivity index (χ1v) is 3.98. The number of nitrogens with two attached hydrogens (primary N) is 1. The fourth-order valence-corrected chi connectivity index (χ4v) is 1.04. The van der Waals surface area contributed by atoms with Gasteiger partial charge in [0, 0.05) is 0 Å². The molecule has 0 bridgehead atoms. The molecular formula is C9H14N2O. The number of anilines is 1. The van der Waals surface area contributed by atoms with Crippen LogP contribution in [0.1, 0.15) is 12.5 Å². The van der Waals surface area contributed by atoms with Crippen molar-refractivity contribution in [2.45, 2.75) is 13.8 Å². The molecule has 0 amide bonds. The Labute approximate surface area is 72.5 Å². The number of ether oxygens (including phenoxy) is 1. The van der Waals surface area contributed by atoms with Crippen molar-refractivity contribution in [1.82, 2.24) is 0 Å². The van der Waals surface area contributed by atoms with Crippen molar-refractivity contribution in [2.75, 3.05) is 12.0 Å². The molecule has 0 aromatic heterocycles. The number of aryl methyl sites for hydroxylation is 1. The van der Waals surface area contributed by atoms with Gasteiger partial charge < -0.3 is 10.2 Å². The minimum absolute atomic E-state index is 0.651. The maximum atomic E-state index is 5.34. The normalized spacial score (nSPS) is 9.58. The van der Waals surface area contributed by atoms with E-state index in [-0.39, 0.29) is 0 Å². The van der Waals surface area contributed by atoms with Gasteiger partial charge in [0.25, 0.3) is 0 Å². The van der Waals surface area contributed by atoms with Gasteiger partial charge in [-0.2, -0.15) is 0 Å². The molecule has 12 heavy (non-hydrogen) atoms. The van der Waals surface area contributed by atoms with Gasteiger partial charge in [0.15, 0.2) is 0 Å². The van der Waals surface area contributed by atoms with E-state index < -0.39 is 0 Å². The van der Waals surface area contributed by atoms with E-state index in [9.17, 15) is 0 Å². The Kier molecular flexibility index (Phi) is 2.94. The topological polar surface area (TPSA) is 47.3 Å². The molecule has 0 saturated carbocycles. The lowest BCUT2D eigenvalue weighted by Gasteiger charge is -2.09. The summed E-state index contributed by atoms with van der Waals surface area (Å²) >= 11 is 0. The highest BCUT2D eigenvalue weighted by atomic mass is 16.5. The number of benzene rings is 1. The lowest BCUT2D eigenvalue weighted by Crippen LogP contribution is -2.08. The maximum absolute atomic E-state index is 5.34. The Morgan fingerprint density at radius 1 is 1.50 bits per heavy atom. The van der Waals surface area contributed by atoms with Crippen LogP contribution in [0.3, 0.4) is 0 Å². The predicted molar refractivity (Wildman–Crippen MR) is 50.2 cm³/mol. The van der Waals surface area contributed by atoms with E-state index in [0.717, 1.165) is 17.0 Å². The lowest BCUT2D eigenvalue weighted by atomic mass is 10.2. The maximum Gasteiger partial charge on any atom is 0.143 e. The third kappa shape index (κ3) is 1.89. The fraction of sp³-hybridized carbons (Fsp3) is 0.333. The van der Waals surface area contributed by atoms with Crippen LogP contribution < -0.4 is 16.0 Å². The molecule has 0 aliphatic heterocycles. The molecule has 0 atom stereocenters. The van der Waals surface area contributed by atoms with Gasteiger partial charge in [0.1, 0.15) is 5.75 Å². The molecule has 0 saturated heterocycles. The van der Waals surface area contributed by atoms with E-state index in [1.54, 1.807) is 0 Å². The van der Waals surface area contributed by atoms with Crippen LogP contribution in [-0.4, -0.2) is 6.61 Å². The fourth-order valence-electron chi connectivity index (χ4n) is 1.04. The van der Waals surface area contributed by atoms with Gasteiger partial charge in [0.05, 0.1) is 12.3 Å². The average molecular weight is 166 g/mol. The van der Waals surface area contributed by atoms with E-state index in [1.165, 1.54) is 0 Å². The molecule has 1 aromatic rings. The van der Waals surface area contributed by atoms with Crippen LogP contribution in [0.2, 0.25) is 0 Å². The molecule has 0 heterocycles. The Morgan fingerprint density at radius 2 is 2.25 bits per heavy atom. The molecular weight excluding hydrogens is 152 g/mol. The lowest BCUT2D eigenvalue weighted by molar-refractivity contribution is 0.341. The van der Waals surface area contributed by atoms with Crippen LogP contribution in [0.5, 0.6) is 5.75 Å². The second-order valence-electron chi connectivity index (χ2n) is 2.58. The number of rotatable bonds is 3.